The zero-order valence-electron chi connectivity index (χ0n) is 12.2. The zero-order valence-corrected chi connectivity index (χ0v) is 14.6. The maximum Gasteiger partial charge on any atom is 0.242 e. The van der Waals surface area contributed by atoms with Gasteiger partial charge in [-0.05, 0) is 29.9 Å². The normalized spacial score (nSPS) is 19.3. The molecule has 7 heteroatoms. The summed E-state index contributed by atoms with van der Waals surface area (Å²) in [5, 5.41) is 3.54. The highest BCUT2D eigenvalue weighted by molar-refractivity contribution is 7.99. The smallest absolute Gasteiger partial charge is 0.242 e. The summed E-state index contributed by atoms with van der Waals surface area (Å²) in [6, 6.07) is 5.50. The molecule has 118 valence electrons. The third-order valence-corrected chi connectivity index (χ3v) is 6.42. The molecule has 0 radical (unpaired) electrons. The predicted molar refractivity (Wildman–Crippen MR) is 89.5 cm³/mol. The van der Waals surface area contributed by atoms with Gasteiger partial charge in [-0.1, -0.05) is 31.5 Å². The van der Waals surface area contributed by atoms with E-state index in [1.165, 1.54) is 0 Å². The lowest BCUT2D eigenvalue weighted by atomic mass is 10.2. The van der Waals surface area contributed by atoms with Crippen LogP contribution in [0.1, 0.15) is 25.8 Å². The van der Waals surface area contributed by atoms with Crippen LogP contribution in [0.25, 0.3) is 0 Å². The summed E-state index contributed by atoms with van der Waals surface area (Å²) < 4.78 is 27.7. The minimum atomic E-state index is -3.56. The quantitative estimate of drug-likeness (QED) is 0.829. The average Bonchev–Trinajstić information content (AvgIpc) is 2.89. The molecule has 0 amide bonds. The number of halogens is 1. The van der Waals surface area contributed by atoms with E-state index in [1.807, 2.05) is 19.9 Å². The van der Waals surface area contributed by atoms with Gasteiger partial charge in [0.2, 0.25) is 10.0 Å². The number of nitrogens with one attached hydrogen (secondary N) is 2. The molecule has 21 heavy (non-hydrogen) atoms. The highest BCUT2D eigenvalue weighted by Gasteiger charge is 2.25. The van der Waals surface area contributed by atoms with Crippen LogP contribution in [0.4, 0.5) is 0 Å². The summed E-state index contributed by atoms with van der Waals surface area (Å²) in [6.07, 6.45) is 0.871. The van der Waals surface area contributed by atoms with Crippen LogP contribution in [0.2, 0.25) is 5.02 Å². The lowest BCUT2D eigenvalue weighted by molar-refractivity contribution is 0.562. The van der Waals surface area contributed by atoms with Crippen molar-refractivity contribution in [1.29, 1.82) is 0 Å². The molecular weight excluding hydrogens is 328 g/mol. The molecule has 1 saturated heterocycles. The fourth-order valence-electron chi connectivity index (χ4n) is 2.10. The number of hydrogen-bond donors (Lipinski definition) is 2. The molecule has 0 saturated carbocycles. The van der Waals surface area contributed by atoms with Crippen LogP contribution in [-0.2, 0) is 16.6 Å². The standard InChI is InChI=1S/C14H21ClN2O2S2/c1-10(2)16-8-11-3-4-13(15)14(7-11)21(18,19)17-12-5-6-20-9-12/h3-4,7,10,12,16-17H,5-6,8-9H2,1-2H3. The molecular formula is C14H21ClN2O2S2. The molecule has 2 N–H and O–H groups in total. The topological polar surface area (TPSA) is 58.2 Å². The van der Waals surface area contributed by atoms with Gasteiger partial charge in [0.15, 0.2) is 0 Å². The lowest BCUT2D eigenvalue weighted by Gasteiger charge is -2.14. The largest absolute Gasteiger partial charge is 0.310 e. The van der Waals surface area contributed by atoms with Gasteiger partial charge in [0.25, 0.3) is 0 Å². The Morgan fingerprint density at radius 3 is 2.81 bits per heavy atom. The van der Waals surface area contributed by atoms with E-state index in [0.29, 0.717) is 12.6 Å². The Balaban J connectivity index is 2.18. The van der Waals surface area contributed by atoms with Gasteiger partial charge in [-0.15, -0.1) is 0 Å². The second-order valence-electron chi connectivity index (χ2n) is 5.48. The van der Waals surface area contributed by atoms with Gasteiger partial charge in [0.05, 0.1) is 5.02 Å². The van der Waals surface area contributed by atoms with Crippen molar-refractivity contribution < 1.29 is 8.42 Å². The van der Waals surface area contributed by atoms with Gasteiger partial charge < -0.3 is 5.32 Å². The first-order valence-electron chi connectivity index (χ1n) is 7.00. The van der Waals surface area contributed by atoms with Gasteiger partial charge >= 0.3 is 0 Å². The van der Waals surface area contributed by atoms with Crippen molar-refractivity contribution in [2.24, 2.45) is 0 Å². The van der Waals surface area contributed by atoms with Crippen LogP contribution < -0.4 is 10.0 Å². The fourth-order valence-corrected chi connectivity index (χ4v) is 5.17. The Labute approximate surface area is 136 Å². The molecule has 1 heterocycles. The Hall–Kier alpha value is -0.270. The summed E-state index contributed by atoms with van der Waals surface area (Å²) in [7, 11) is -3.56. The number of sulfonamides is 1. The van der Waals surface area contributed by atoms with Crippen molar-refractivity contribution in [3.8, 4) is 0 Å². The molecule has 1 aromatic carbocycles. The summed E-state index contributed by atoms with van der Waals surface area (Å²) in [6.45, 7) is 4.72. The van der Waals surface area contributed by atoms with E-state index in [0.717, 1.165) is 23.5 Å². The minimum Gasteiger partial charge on any atom is -0.310 e. The van der Waals surface area contributed by atoms with Crippen molar-refractivity contribution in [1.82, 2.24) is 10.0 Å². The first-order chi connectivity index (χ1) is 9.88. The van der Waals surface area contributed by atoms with Crippen molar-refractivity contribution in [2.45, 2.75) is 43.8 Å². The highest BCUT2D eigenvalue weighted by Crippen LogP contribution is 2.25. The van der Waals surface area contributed by atoms with Crippen molar-refractivity contribution in [2.75, 3.05) is 11.5 Å². The maximum absolute atomic E-state index is 12.5. The van der Waals surface area contributed by atoms with E-state index in [4.69, 9.17) is 11.6 Å². The van der Waals surface area contributed by atoms with Crippen molar-refractivity contribution >= 4 is 33.4 Å². The molecule has 1 aliphatic heterocycles. The van der Waals surface area contributed by atoms with Gasteiger partial charge in [0.1, 0.15) is 4.90 Å². The van der Waals surface area contributed by atoms with E-state index < -0.39 is 10.0 Å². The highest BCUT2D eigenvalue weighted by atomic mass is 35.5. The van der Waals surface area contributed by atoms with Crippen LogP contribution in [-0.4, -0.2) is 32.0 Å². The molecule has 4 nitrogen and oxygen atoms in total. The molecule has 1 atom stereocenters. The summed E-state index contributed by atoms with van der Waals surface area (Å²) in [5.41, 5.74) is 0.911. The Morgan fingerprint density at radius 2 is 2.19 bits per heavy atom. The van der Waals surface area contributed by atoms with Crippen LogP contribution in [0, 0.1) is 0 Å². The first-order valence-corrected chi connectivity index (χ1v) is 10.0. The number of hydrogen-bond acceptors (Lipinski definition) is 4. The van der Waals surface area contributed by atoms with E-state index in [1.54, 1.807) is 23.9 Å². The minimum absolute atomic E-state index is 0.00788. The monoisotopic (exact) mass is 348 g/mol. The van der Waals surface area contributed by atoms with E-state index >= 15 is 0 Å². The molecule has 0 bridgehead atoms. The second-order valence-corrected chi connectivity index (χ2v) is 8.72. The van der Waals surface area contributed by atoms with E-state index in [2.05, 4.69) is 10.0 Å². The molecule has 1 aromatic rings. The maximum atomic E-state index is 12.5. The third kappa shape index (κ3) is 4.86. The van der Waals surface area contributed by atoms with Crippen molar-refractivity contribution in [3.05, 3.63) is 28.8 Å². The van der Waals surface area contributed by atoms with Gasteiger partial charge in [-0.2, -0.15) is 11.8 Å². The summed E-state index contributed by atoms with van der Waals surface area (Å²) in [5.74, 6) is 1.82. The van der Waals surface area contributed by atoms with E-state index in [9.17, 15) is 8.42 Å². The van der Waals surface area contributed by atoms with E-state index in [-0.39, 0.29) is 16.0 Å². The predicted octanol–water partition coefficient (Wildman–Crippen LogP) is 2.62. The summed E-state index contributed by atoms with van der Waals surface area (Å²) >= 11 is 7.85. The third-order valence-electron chi connectivity index (χ3n) is 3.25. The molecule has 1 aliphatic rings. The van der Waals surface area contributed by atoms with Crippen molar-refractivity contribution in [3.63, 3.8) is 0 Å². The number of benzene rings is 1. The van der Waals surface area contributed by atoms with Crippen LogP contribution in [0.15, 0.2) is 23.1 Å². The molecule has 0 spiro atoms. The fraction of sp³-hybridized carbons (Fsp3) is 0.571. The van der Waals surface area contributed by atoms with Crippen LogP contribution in [0.5, 0.6) is 0 Å². The number of rotatable bonds is 6. The molecule has 2 rings (SSSR count). The molecule has 0 aliphatic carbocycles. The molecule has 0 aromatic heterocycles. The number of thioether (sulfide) groups is 1. The lowest BCUT2D eigenvalue weighted by Crippen LogP contribution is -2.34. The SMILES string of the molecule is CC(C)NCc1ccc(Cl)c(S(=O)(=O)NC2CCSC2)c1. The second kappa shape index (κ2) is 7.33. The molecule has 1 unspecified atom stereocenters. The molecule has 1 fully saturated rings. The van der Waals surface area contributed by atoms with Crippen LogP contribution >= 0.6 is 23.4 Å². The summed E-state index contributed by atoms with van der Waals surface area (Å²) in [4.78, 5) is 0.170. The Kier molecular flexibility index (Phi) is 5.96. The average molecular weight is 349 g/mol. The van der Waals surface area contributed by atoms with Crippen LogP contribution in [0.3, 0.4) is 0 Å². The first kappa shape index (κ1) is 17.1. The van der Waals surface area contributed by atoms with Gasteiger partial charge in [-0.3, -0.25) is 0 Å². The Bertz CT molecular complexity index is 585. The Morgan fingerprint density at radius 1 is 1.43 bits per heavy atom. The van der Waals surface area contributed by atoms with Gasteiger partial charge in [-0.25, -0.2) is 13.1 Å². The van der Waals surface area contributed by atoms with Gasteiger partial charge in [0, 0.05) is 24.4 Å². The zero-order chi connectivity index (χ0) is 15.5.